The summed E-state index contributed by atoms with van der Waals surface area (Å²) in [6, 6.07) is 8.18. The molecule has 1 N–H and O–H groups in total. The largest absolute Gasteiger partial charge is 0.465 e. The van der Waals surface area contributed by atoms with Crippen LogP contribution in [0.25, 0.3) is 6.08 Å². The van der Waals surface area contributed by atoms with E-state index in [9.17, 15) is 9.59 Å². The lowest BCUT2D eigenvalue weighted by Crippen LogP contribution is -2.12. The molecule has 0 saturated carbocycles. The number of amides is 1. The molecule has 1 aromatic heterocycles. The molecule has 0 saturated heterocycles. The molecule has 0 fully saturated rings. The maximum absolute atomic E-state index is 12.5. The van der Waals surface area contributed by atoms with Gasteiger partial charge in [-0.15, -0.1) is 11.3 Å². The van der Waals surface area contributed by atoms with E-state index in [0.29, 0.717) is 16.5 Å². The summed E-state index contributed by atoms with van der Waals surface area (Å²) in [5, 5.41) is 3.52. The number of aryl methyl sites for hydroxylation is 1. The number of hydrogen-bond donors (Lipinski definition) is 1. The molecule has 0 radical (unpaired) electrons. The summed E-state index contributed by atoms with van der Waals surface area (Å²) in [5.74, 6) is -0.129. The molecule has 5 heteroatoms. The van der Waals surface area contributed by atoms with Gasteiger partial charge in [-0.25, -0.2) is 4.79 Å². The highest BCUT2D eigenvalue weighted by molar-refractivity contribution is 7.17. The minimum atomic E-state index is -0.369. The van der Waals surface area contributed by atoms with Gasteiger partial charge in [-0.1, -0.05) is 51.0 Å². The molecule has 0 unspecified atom stereocenters. The number of methoxy groups -OCH3 is 1. The summed E-state index contributed by atoms with van der Waals surface area (Å²) >= 11 is 1.52. The first kappa shape index (κ1) is 21.3. The van der Waals surface area contributed by atoms with E-state index in [4.69, 9.17) is 4.74 Å². The molecule has 1 amide bonds. The van der Waals surface area contributed by atoms with Gasteiger partial charge in [0.1, 0.15) is 5.00 Å². The van der Waals surface area contributed by atoms with Crippen molar-refractivity contribution in [3.63, 3.8) is 0 Å². The molecule has 1 aliphatic rings. The van der Waals surface area contributed by atoms with Gasteiger partial charge in [0, 0.05) is 11.0 Å². The van der Waals surface area contributed by atoms with Crippen LogP contribution < -0.4 is 5.32 Å². The number of fused-ring (bicyclic) bond motifs is 1. The molecule has 0 atom stereocenters. The third-order valence-corrected chi connectivity index (χ3v) is 6.54. The zero-order valence-corrected chi connectivity index (χ0v) is 18.2. The van der Waals surface area contributed by atoms with Gasteiger partial charge in [-0.05, 0) is 54.4 Å². The third-order valence-electron chi connectivity index (χ3n) is 5.33. The van der Waals surface area contributed by atoms with Crippen LogP contribution in [0.5, 0.6) is 0 Å². The molecule has 0 spiro atoms. The van der Waals surface area contributed by atoms with Gasteiger partial charge >= 0.3 is 5.97 Å². The Labute approximate surface area is 177 Å². The Morgan fingerprint density at radius 3 is 2.41 bits per heavy atom. The Kier molecular flexibility index (Phi) is 7.26. The first-order valence-corrected chi connectivity index (χ1v) is 11.1. The maximum atomic E-state index is 12.5. The van der Waals surface area contributed by atoms with Crippen LogP contribution in [0.15, 0.2) is 30.3 Å². The quantitative estimate of drug-likeness (QED) is 0.487. The first-order valence-electron chi connectivity index (χ1n) is 10.3. The van der Waals surface area contributed by atoms with Gasteiger partial charge in [0.25, 0.3) is 0 Å². The molecular formula is C24H29NO3S. The number of anilines is 1. The second kappa shape index (κ2) is 9.88. The number of thiophene rings is 1. The fourth-order valence-corrected chi connectivity index (χ4v) is 4.92. The monoisotopic (exact) mass is 411 g/mol. The second-order valence-electron chi connectivity index (χ2n) is 7.76. The van der Waals surface area contributed by atoms with Crippen molar-refractivity contribution in [2.45, 2.75) is 58.3 Å². The fraction of sp³-hybridized carbons (Fsp3) is 0.417. The molecule has 29 heavy (non-hydrogen) atoms. The minimum Gasteiger partial charge on any atom is -0.465 e. The number of rotatable bonds is 5. The molecule has 2 aromatic rings. The maximum Gasteiger partial charge on any atom is 0.341 e. The predicted octanol–water partition coefficient (Wildman–Crippen LogP) is 5.97. The van der Waals surface area contributed by atoms with E-state index >= 15 is 0 Å². The van der Waals surface area contributed by atoms with Crippen molar-refractivity contribution < 1.29 is 14.3 Å². The lowest BCUT2D eigenvalue weighted by atomic mass is 9.96. The number of carbonyl (C=O) groups is 2. The van der Waals surface area contributed by atoms with Crippen molar-refractivity contribution in [1.29, 1.82) is 0 Å². The van der Waals surface area contributed by atoms with Crippen LogP contribution in [0.4, 0.5) is 5.00 Å². The summed E-state index contributed by atoms with van der Waals surface area (Å²) < 4.78 is 5.01. The van der Waals surface area contributed by atoms with Gasteiger partial charge in [0.15, 0.2) is 0 Å². The first-order chi connectivity index (χ1) is 14.0. The zero-order valence-electron chi connectivity index (χ0n) is 17.4. The Bertz CT molecular complexity index is 894. The summed E-state index contributed by atoms with van der Waals surface area (Å²) in [4.78, 5) is 26.2. The van der Waals surface area contributed by atoms with Crippen molar-refractivity contribution in [1.82, 2.24) is 0 Å². The van der Waals surface area contributed by atoms with E-state index in [-0.39, 0.29) is 11.9 Å². The lowest BCUT2D eigenvalue weighted by molar-refractivity contribution is -0.111. The molecule has 3 rings (SSSR count). The summed E-state index contributed by atoms with van der Waals surface area (Å²) in [7, 11) is 1.39. The molecule has 1 heterocycles. The number of carbonyl (C=O) groups excluding carboxylic acids is 2. The highest BCUT2D eigenvalue weighted by atomic mass is 32.1. The van der Waals surface area contributed by atoms with Crippen LogP contribution >= 0.6 is 11.3 Å². The smallest absolute Gasteiger partial charge is 0.341 e. The Hall–Kier alpha value is -2.40. The minimum absolute atomic E-state index is 0.239. The predicted molar refractivity (Wildman–Crippen MR) is 120 cm³/mol. The van der Waals surface area contributed by atoms with E-state index in [0.717, 1.165) is 36.8 Å². The third kappa shape index (κ3) is 5.36. The van der Waals surface area contributed by atoms with E-state index < -0.39 is 0 Å². The van der Waals surface area contributed by atoms with Crippen molar-refractivity contribution >= 4 is 34.3 Å². The van der Waals surface area contributed by atoms with Gasteiger partial charge < -0.3 is 10.1 Å². The summed E-state index contributed by atoms with van der Waals surface area (Å²) in [6.07, 6.45) is 9.70. The molecule has 4 nitrogen and oxygen atoms in total. The number of ether oxygens (including phenoxy) is 1. The topological polar surface area (TPSA) is 55.4 Å². The molecule has 0 aliphatic heterocycles. The van der Waals surface area contributed by atoms with E-state index in [2.05, 4.69) is 31.3 Å². The highest BCUT2D eigenvalue weighted by Gasteiger charge is 2.25. The standard InChI is InChI=1S/C24H29NO3S/c1-16(2)18-13-10-17(11-14-18)12-15-21(26)25-23-22(24(27)28-3)19-8-6-4-5-7-9-20(19)29-23/h10-16H,4-9H2,1-3H3,(H,25,26). The van der Waals surface area contributed by atoms with Crippen LogP contribution in [0.3, 0.4) is 0 Å². The van der Waals surface area contributed by atoms with E-state index in [1.165, 1.54) is 47.8 Å². The molecule has 1 aromatic carbocycles. The molecule has 0 bridgehead atoms. The SMILES string of the molecule is COC(=O)c1c(NC(=O)C=Cc2ccc(C(C)C)cc2)sc2c1CCCCCC2. The number of benzene rings is 1. The normalized spacial score (nSPS) is 14.3. The van der Waals surface area contributed by atoms with Crippen LogP contribution in [0.2, 0.25) is 0 Å². The van der Waals surface area contributed by atoms with E-state index in [1.54, 1.807) is 6.08 Å². The molecular weight excluding hydrogens is 382 g/mol. The van der Waals surface area contributed by atoms with Crippen LogP contribution in [0.1, 0.15) is 77.4 Å². The van der Waals surface area contributed by atoms with Crippen molar-refractivity contribution in [2.75, 3.05) is 12.4 Å². The Morgan fingerprint density at radius 1 is 1.07 bits per heavy atom. The summed E-state index contributed by atoms with van der Waals surface area (Å²) in [6.45, 7) is 4.31. The fourth-order valence-electron chi connectivity index (χ4n) is 3.64. The van der Waals surface area contributed by atoms with Gasteiger partial charge in [-0.2, -0.15) is 0 Å². The number of hydrogen-bond acceptors (Lipinski definition) is 4. The zero-order chi connectivity index (χ0) is 20.8. The lowest BCUT2D eigenvalue weighted by Gasteiger charge is -2.10. The van der Waals surface area contributed by atoms with Crippen LogP contribution in [-0.4, -0.2) is 19.0 Å². The van der Waals surface area contributed by atoms with Gasteiger partial charge in [0.2, 0.25) is 5.91 Å². The van der Waals surface area contributed by atoms with E-state index in [1.807, 2.05) is 12.1 Å². The second-order valence-corrected chi connectivity index (χ2v) is 8.86. The number of esters is 1. The average molecular weight is 412 g/mol. The van der Waals surface area contributed by atoms with Crippen molar-refractivity contribution in [3.05, 3.63) is 57.5 Å². The summed E-state index contributed by atoms with van der Waals surface area (Å²) in [5.41, 5.74) is 3.84. The van der Waals surface area contributed by atoms with Crippen LogP contribution in [-0.2, 0) is 22.4 Å². The Morgan fingerprint density at radius 2 is 1.76 bits per heavy atom. The van der Waals surface area contributed by atoms with Crippen LogP contribution in [0, 0.1) is 0 Å². The van der Waals surface area contributed by atoms with Gasteiger partial charge in [0.05, 0.1) is 12.7 Å². The Balaban J connectivity index is 1.78. The highest BCUT2D eigenvalue weighted by Crippen LogP contribution is 2.37. The molecule has 154 valence electrons. The number of nitrogens with one attached hydrogen (secondary N) is 1. The van der Waals surface area contributed by atoms with Crippen molar-refractivity contribution in [3.8, 4) is 0 Å². The average Bonchev–Trinajstić information content (AvgIpc) is 3.02. The van der Waals surface area contributed by atoms with Crippen molar-refractivity contribution in [2.24, 2.45) is 0 Å². The molecule has 1 aliphatic carbocycles. The van der Waals surface area contributed by atoms with Gasteiger partial charge in [-0.3, -0.25) is 4.79 Å².